The molecule has 158 valence electrons. The molecule has 1 aliphatic heterocycles. The molecule has 3 aromatic rings. The molecule has 0 spiro atoms. The van der Waals surface area contributed by atoms with Crippen LogP contribution in [0.1, 0.15) is 33.6 Å². The average Bonchev–Trinajstić information content (AvgIpc) is 3.58. The number of anilines is 2. The molecule has 1 aromatic carbocycles. The summed E-state index contributed by atoms with van der Waals surface area (Å²) >= 11 is 0.950. The van der Waals surface area contributed by atoms with Gasteiger partial charge in [-0.05, 0) is 0 Å². The maximum atomic E-state index is 12.6. The van der Waals surface area contributed by atoms with Gasteiger partial charge in [-0.15, -0.1) is 0 Å². The number of thiophene rings is 1. The zero-order valence-electron chi connectivity index (χ0n) is 17.4. The molecule has 0 saturated heterocycles. The van der Waals surface area contributed by atoms with Crippen LogP contribution in [0.15, 0.2) is 99.6 Å². The Morgan fingerprint density at radius 1 is 0.909 bits per heavy atom. The van der Waals surface area contributed by atoms with Gasteiger partial charge in [-0.25, -0.2) is 0 Å². The van der Waals surface area contributed by atoms with E-state index < -0.39 is 20.9 Å². The number of carbonyl (C=O) groups excluding carboxylic acids is 2. The Bertz CT molecular complexity index is 1460. The number of aromatic nitrogens is 1. The van der Waals surface area contributed by atoms with Crippen molar-refractivity contribution in [2.45, 2.75) is 12.8 Å². The van der Waals surface area contributed by atoms with E-state index in [-0.39, 0.29) is 11.6 Å². The van der Waals surface area contributed by atoms with Crippen molar-refractivity contribution in [3.63, 3.8) is 0 Å². The SMILES string of the molecule is O=C1C(=CC2=CC3=C(C=C(N4c5ccccc5[Te]c5cccnc54)C3)C2)C(=O)c2cscc21. The van der Waals surface area contributed by atoms with Gasteiger partial charge in [0.25, 0.3) is 0 Å². The van der Waals surface area contributed by atoms with Crippen molar-refractivity contribution in [3.8, 4) is 0 Å². The normalized spacial score (nSPS) is 18.2. The number of allylic oxidation sites excluding steroid dienone is 7. The Kier molecular flexibility index (Phi) is 4.26. The smallest absolute Gasteiger partial charge is 0.151 e. The summed E-state index contributed by atoms with van der Waals surface area (Å²) in [5, 5.41) is 3.55. The van der Waals surface area contributed by atoms with Gasteiger partial charge in [0.15, 0.2) is 0 Å². The van der Waals surface area contributed by atoms with Crippen LogP contribution < -0.4 is 12.1 Å². The molecular formula is C27H16N2O2STe. The first-order valence-electron chi connectivity index (χ1n) is 10.7. The minimum absolute atomic E-state index is 0.142. The summed E-state index contributed by atoms with van der Waals surface area (Å²) in [7, 11) is 0. The topological polar surface area (TPSA) is 50.3 Å². The molecule has 4 aliphatic rings. The zero-order valence-corrected chi connectivity index (χ0v) is 20.5. The number of para-hydroxylation sites is 1. The molecule has 0 radical (unpaired) electrons. The molecule has 2 aromatic heterocycles. The Morgan fingerprint density at radius 2 is 1.67 bits per heavy atom. The number of carbonyl (C=O) groups is 2. The summed E-state index contributed by atoms with van der Waals surface area (Å²) in [6, 6.07) is 12.9. The van der Waals surface area contributed by atoms with E-state index in [9.17, 15) is 9.59 Å². The van der Waals surface area contributed by atoms with Crippen molar-refractivity contribution in [1.82, 2.24) is 4.98 Å². The van der Waals surface area contributed by atoms with Gasteiger partial charge < -0.3 is 0 Å². The fourth-order valence-corrected chi connectivity index (χ4v) is 8.68. The van der Waals surface area contributed by atoms with Crippen molar-refractivity contribution in [3.05, 3.63) is 111 Å². The number of pyridine rings is 1. The Morgan fingerprint density at radius 3 is 2.48 bits per heavy atom. The monoisotopic (exact) mass is 562 g/mol. The first-order chi connectivity index (χ1) is 16.2. The predicted molar refractivity (Wildman–Crippen MR) is 131 cm³/mol. The summed E-state index contributed by atoms with van der Waals surface area (Å²) in [4.78, 5) is 32.4. The fourth-order valence-electron chi connectivity index (χ4n) is 4.93. The summed E-state index contributed by atoms with van der Waals surface area (Å²) in [5.41, 5.74) is 7.45. The molecule has 0 saturated carbocycles. The molecular weight excluding hydrogens is 544 g/mol. The van der Waals surface area contributed by atoms with Crippen molar-refractivity contribution < 1.29 is 9.59 Å². The van der Waals surface area contributed by atoms with Crippen molar-refractivity contribution in [1.29, 1.82) is 0 Å². The van der Waals surface area contributed by atoms with Crippen LogP contribution >= 0.6 is 11.3 Å². The third-order valence-corrected chi connectivity index (χ3v) is 10.3. The molecule has 0 N–H and O–H groups in total. The molecule has 0 amide bonds. The Labute approximate surface area is 204 Å². The second-order valence-corrected chi connectivity index (χ2v) is 12.2. The second-order valence-electron chi connectivity index (χ2n) is 8.40. The van der Waals surface area contributed by atoms with E-state index in [0.717, 1.165) is 24.2 Å². The summed E-state index contributed by atoms with van der Waals surface area (Å²) in [5.74, 6) is 0.777. The third-order valence-electron chi connectivity index (χ3n) is 6.43. The van der Waals surface area contributed by atoms with E-state index in [1.165, 1.54) is 41.1 Å². The van der Waals surface area contributed by atoms with E-state index in [0.29, 0.717) is 16.7 Å². The van der Waals surface area contributed by atoms with Gasteiger partial charge in [0, 0.05) is 10.8 Å². The van der Waals surface area contributed by atoms with Crippen LogP contribution in [0, 0.1) is 0 Å². The summed E-state index contributed by atoms with van der Waals surface area (Å²) in [6.45, 7) is 0. The van der Waals surface area contributed by atoms with Crippen molar-refractivity contribution in [2.24, 2.45) is 0 Å². The maximum absolute atomic E-state index is 12.6. The minimum Gasteiger partial charge on any atom is -0.151 e. The predicted octanol–water partition coefficient (Wildman–Crippen LogP) is 4.17. The third kappa shape index (κ3) is 2.92. The van der Waals surface area contributed by atoms with E-state index >= 15 is 0 Å². The standard InChI is InChI=1S/C27H16N2O2STe/c30-25-19(26(31)21-14-32-13-20(21)25)10-15-8-16-11-18(12-17(16)9-15)29-22-4-1-2-5-23(22)33-24-6-3-7-28-27(24)29/h1-8,10,12-14H,9,11H2. The minimum atomic E-state index is -0.455. The number of rotatable bonds is 2. The van der Waals surface area contributed by atoms with E-state index in [1.807, 2.05) is 12.3 Å². The molecule has 6 heteroatoms. The van der Waals surface area contributed by atoms with Gasteiger partial charge in [0.1, 0.15) is 0 Å². The molecule has 0 fully saturated rings. The molecule has 3 aliphatic carbocycles. The van der Waals surface area contributed by atoms with Crippen LogP contribution in [0.3, 0.4) is 0 Å². The van der Waals surface area contributed by atoms with Gasteiger partial charge >= 0.3 is 183 Å². The Hall–Kier alpha value is -3.04. The number of hydrogen-bond acceptors (Lipinski definition) is 5. The molecule has 7 rings (SSSR count). The van der Waals surface area contributed by atoms with Gasteiger partial charge in [-0.3, -0.25) is 0 Å². The number of hydrogen-bond donors (Lipinski definition) is 0. The molecule has 33 heavy (non-hydrogen) atoms. The Balaban J connectivity index is 1.19. The van der Waals surface area contributed by atoms with Crippen LogP contribution in [0.4, 0.5) is 11.5 Å². The van der Waals surface area contributed by atoms with Crippen LogP contribution in [-0.2, 0) is 0 Å². The van der Waals surface area contributed by atoms with Crippen LogP contribution in [0.2, 0.25) is 0 Å². The van der Waals surface area contributed by atoms with E-state index in [4.69, 9.17) is 4.98 Å². The summed E-state index contributed by atoms with van der Waals surface area (Å²) < 4.78 is 2.80. The molecule has 0 atom stereocenters. The molecule has 0 bridgehead atoms. The molecule has 4 nitrogen and oxygen atoms in total. The number of ketones is 2. The summed E-state index contributed by atoms with van der Waals surface area (Å²) in [6.07, 6.45) is 9.67. The van der Waals surface area contributed by atoms with E-state index in [1.54, 1.807) is 16.8 Å². The first-order valence-corrected chi connectivity index (χ1v) is 14.0. The number of benzene rings is 1. The zero-order chi connectivity index (χ0) is 22.1. The van der Waals surface area contributed by atoms with Gasteiger partial charge in [0.2, 0.25) is 0 Å². The first kappa shape index (κ1) is 19.4. The van der Waals surface area contributed by atoms with Crippen LogP contribution in [0.25, 0.3) is 0 Å². The van der Waals surface area contributed by atoms with Gasteiger partial charge in [-0.1, -0.05) is 0 Å². The van der Waals surface area contributed by atoms with Crippen LogP contribution in [-0.4, -0.2) is 37.5 Å². The fraction of sp³-hybridized carbons (Fsp3) is 0.0741. The van der Waals surface area contributed by atoms with E-state index in [2.05, 4.69) is 47.4 Å². The number of nitrogens with zero attached hydrogens (tertiary/aromatic N) is 2. The van der Waals surface area contributed by atoms with Crippen molar-refractivity contribution >= 4 is 62.6 Å². The number of fused-ring (bicyclic) bond motifs is 3. The van der Waals surface area contributed by atoms with Gasteiger partial charge in [-0.2, -0.15) is 11.3 Å². The molecule has 0 unspecified atom stereocenters. The van der Waals surface area contributed by atoms with Crippen molar-refractivity contribution in [2.75, 3.05) is 4.90 Å². The number of Topliss-reactive ketones (excluding diaryl/α,β-unsaturated/α-hetero) is 2. The molecule has 3 heterocycles. The second kappa shape index (κ2) is 7.23. The van der Waals surface area contributed by atoms with Gasteiger partial charge in [0.05, 0.1) is 0 Å². The quantitative estimate of drug-likeness (QED) is 0.269. The average molecular weight is 560 g/mol. The van der Waals surface area contributed by atoms with Crippen LogP contribution in [0.5, 0.6) is 0 Å².